The highest BCUT2D eigenvalue weighted by molar-refractivity contribution is 14.0. The summed E-state index contributed by atoms with van der Waals surface area (Å²) in [6.45, 7) is 5.45. The summed E-state index contributed by atoms with van der Waals surface area (Å²) in [5.41, 5.74) is 1.65. The van der Waals surface area contributed by atoms with Gasteiger partial charge in [0, 0.05) is 33.2 Å². The fourth-order valence-electron chi connectivity index (χ4n) is 4.14. The van der Waals surface area contributed by atoms with E-state index in [1.807, 2.05) is 19.2 Å². The predicted molar refractivity (Wildman–Crippen MR) is 121 cm³/mol. The molecule has 0 saturated heterocycles. The van der Waals surface area contributed by atoms with Gasteiger partial charge >= 0.3 is 0 Å². The number of hydrogen-bond acceptors (Lipinski definition) is 3. The summed E-state index contributed by atoms with van der Waals surface area (Å²) < 4.78 is 11.6. The number of aliphatic imine (C=N–C) groups is 1. The molecule has 6 heteroatoms. The number of benzene rings is 1. The molecule has 1 unspecified atom stereocenters. The molecule has 0 aromatic heterocycles. The van der Waals surface area contributed by atoms with Gasteiger partial charge in [0.1, 0.15) is 11.9 Å². The van der Waals surface area contributed by atoms with Crippen molar-refractivity contribution in [2.24, 2.45) is 10.4 Å². The van der Waals surface area contributed by atoms with E-state index in [9.17, 15) is 0 Å². The van der Waals surface area contributed by atoms with Gasteiger partial charge in [0.2, 0.25) is 0 Å². The minimum atomic E-state index is 0. The topological polar surface area (TPSA) is 54.9 Å². The molecule has 3 rings (SSSR count). The minimum Gasteiger partial charge on any atom is -0.488 e. The molecule has 1 aromatic carbocycles. The van der Waals surface area contributed by atoms with Crippen LogP contribution in [0.5, 0.6) is 5.75 Å². The summed E-state index contributed by atoms with van der Waals surface area (Å²) in [6, 6.07) is 8.29. The first-order chi connectivity index (χ1) is 12.7. The van der Waals surface area contributed by atoms with Gasteiger partial charge in [-0.3, -0.25) is 4.99 Å². The fourth-order valence-corrected chi connectivity index (χ4v) is 4.14. The molecule has 1 aromatic rings. The number of hydrogen-bond donors (Lipinski definition) is 2. The van der Waals surface area contributed by atoms with E-state index in [-0.39, 0.29) is 30.1 Å². The van der Waals surface area contributed by atoms with Gasteiger partial charge in [0.15, 0.2) is 5.96 Å². The van der Waals surface area contributed by atoms with Crippen LogP contribution < -0.4 is 15.4 Å². The molecule has 2 aliphatic rings. The molecule has 0 bridgehead atoms. The second-order valence-corrected chi connectivity index (χ2v) is 7.51. The van der Waals surface area contributed by atoms with E-state index in [1.54, 1.807) is 0 Å². The number of rotatable bonds is 8. The third-order valence-corrected chi connectivity index (χ3v) is 5.71. The molecule has 1 atom stereocenters. The Bertz CT molecular complexity index is 578. The minimum absolute atomic E-state index is 0. The monoisotopic (exact) mass is 487 g/mol. The van der Waals surface area contributed by atoms with Gasteiger partial charge in [0.25, 0.3) is 0 Å². The van der Waals surface area contributed by atoms with Crippen LogP contribution >= 0.6 is 24.0 Å². The van der Waals surface area contributed by atoms with Crippen molar-refractivity contribution < 1.29 is 9.47 Å². The van der Waals surface area contributed by atoms with Crippen LogP contribution in [0.25, 0.3) is 0 Å². The first kappa shape index (κ1) is 22.3. The lowest BCUT2D eigenvalue weighted by molar-refractivity contribution is 0.105. The largest absolute Gasteiger partial charge is 0.488 e. The van der Waals surface area contributed by atoms with E-state index in [1.165, 1.54) is 31.2 Å². The van der Waals surface area contributed by atoms with Gasteiger partial charge < -0.3 is 20.1 Å². The molecule has 0 radical (unpaired) electrons. The maximum atomic E-state index is 6.00. The second kappa shape index (κ2) is 11.1. The average molecular weight is 487 g/mol. The van der Waals surface area contributed by atoms with E-state index in [2.05, 4.69) is 34.7 Å². The number of nitrogens with zero attached hydrogens (tertiary/aromatic N) is 1. The third kappa shape index (κ3) is 6.24. The standard InChI is InChI=1S/C21H33N3O2.HI/c1-3-25-13-12-21(10-6-7-11-21)16-24-20(22-2)23-15-18-14-17-8-4-5-9-19(17)26-18;/h4-5,8-9,18H,3,6-7,10-16H2,1-2H3,(H2,22,23,24);1H. The molecule has 1 aliphatic carbocycles. The van der Waals surface area contributed by atoms with Crippen molar-refractivity contribution in [1.29, 1.82) is 0 Å². The highest BCUT2D eigenvalue weighted by Gasteiger charge is 2.33. The summed E-state index contributed by atoms with van der Waals surface area (Å²) >= 11 is 0. The van der Waals surface area contributed by atoms with Crippen molar-refractivity contribution in [3.8, 4) is 5.75 Å². The van der Waals surface area contributed by atoms with Crippen molar-refractivity contribution in [1.82, 2.24) is 10.6 Å². The maximum Gasteiger partial charge on any atom is 0.191 e. The van der Waals surface area contributed by atoms with E-state index in [4.69, 9.17) is 9.47 Å². The molecule has 1 heterocycles. The number of para-hydroxylation sites is 1. The van der Waals surface area contributed by atoms with Gasteiger partial charge in [-0.1, -0.05) is 31.0 Å². The first-order valence-corrected chi connectivity index (χ1v) is 10.0. The Morgan fingerprint density at radius 1 is 1.26 bits per heavy atom. The van der Waals surface area contributed by atoms with E-state index in [0.717, 1.165) is 50.9 Å². The van der Waals surface area contributed by atoms with Crippen molar-refractivity contribution in [3.05, 3.63) is 29.8 Å². The zero-order valence-corrected chi connectivity index (χ0v) is 19.0. The molecule has 27 heavy (non-hydrogen) atoms. The molecule has 0 spiro atoms. The van der Waals surface area contributed by atoms with Crippen LogP contribution in [0.3, 0.4) is 0 Å². The van der Waals surface area contributed by atoms with E-state index >= 15 is 0 Å². The molecule has 1 saturated carbocycles. The van der Waals surface area contributed by atoms with Crippen molar-refractivity contribution >= 4 is 29.9 Å². The van der Waals surface area contributed by atoms with Gasteiger partial charge in [-0.05, 0) is 43.2 Å². The lowest BCUT2D eigenvalue weighted by atomic mass is 9.83. The normalized spacial score (nSPS) is 20.5. The van der Waals surface area contributed by atoms with Gasteiger partial charge in [-0.15, -0.1) is 24.0 Å². The number of nitrogens with one attached hydrogen (secondary N) is 2. The molecule has 5 nitrogen and oxygen atoms in total. The SMILES string of the molecule is CCOCCC1(CNC(=NC)NCC2Cc3ccccc3O2)CCCC1.I. The summed E-state index contributed by atoms with van der Waals surface area (Å²) in [7, 11) is 1.83. The van der Waals surface area contributed by atoms with Crippen molar-refractivity contribution in [2.75, 3.05) is 33.4 Å². The molecular weight excluding hydrogens is 453 g/mol. The molecule has 152 valence electrons. The third-order valence-electron chi connectivity index (χ3n) is 5.71. The smallest absolute Gasteiger partial charge is 0.191 e. The fraction of sp³-hybridized carbons (Fsp3) is 0.667. The van der Waals surface area contributed by atoms with Crippen molar-refractivity contribution in [3.63, 3.8) is 0 Å². The maximum absolute atomic E-state index is 6.00. The molecule has 1 aliphatic heterocycles. The Morgan fingerprint density at radius 2 is 2.04 bits per heavy atom. The Balaban J connectivity index is 0.00000261. The van der Waals surface area contributed by atoms with E-state index in [0.29, 0.717) is 5.41 Å². The van der Waals surface area contributed by atoms with Crippen LogP contribution in [-0.4, -0.2) is 45.4 Å². The molecule has 0 amide bonds. The predicted octanol–water partition coefficient (Wildman–Crippen LogP) is 3.76. The quantitative estimate of drug-likeness (QED) is 0.254. The summed E-state index contributed by atoms with van der Waals surface area (Å²) in [6.07, 6.45) is 7.48. The number of guanidine groups is 1. The molecule has 2 N–H and O–H groups in total. The molecular formula is C21H34IN3O2. The lowest BCUT2D eigenvalue weighted by Gasteiger charge is -2.30. The second-order valence-electron chi connectivity index (χ2n) is 7.51. The number of ether oxygens (including phenoxy) is 2. The number of fused-ring (bicyclic) bond motifs is 1. The van der Waals surface area contributed by atoms with Crippen molar-refractivity contribution in [2.45, 2.75) is 51.6 Å². The van der Waals surface area contributed by atoms with E-state index < -0.39 is 0 Å². The van der Waals surface area contributed by atoms with Gasteiger partial charge in [0.05, 0.1) is 6.54 Å². The highest BCUT2D eigenvalue weighted by atomic mass is 127. The van der Waals surface area contributed by atoms with Gasteiger partial charge in [-0.2, -0.15) is 0 Å². The van der Waals surface area contributed by atoms with Crippen LogP contribution in [0.1, 0.15) is 44.6 Å². The first-order valence-electron chi connectivity index (χ1n) is 10.0. The van der Waals surface area contributed by atoms with Crippen LogP contribution in [0.15, 0.2) is 29.3 Å². The average Bonchev–Trinajstić information content (AvgIpc) is 3.29. The highest BCUT2D eigenvalue weighted by Crippen LogP contribution is 2.40. The van der Waals surface area contributed by atoms with Crippen LogP contribution in [0.4, 0.5) is 0 Å². The summed E-state index contributed by atoms with van der Waals surface area (Å²) in [5.74, 6) is 1.88. The lowest BCUT2D eigenvalue weighted by Crippen LogP contribution is -2.46. The van der Waals surface area contributed by atoms with Crippen LogP contribution in [-0.2, 0) is 11.2 Å². The van der Waals surface area contributed by atoms with Gasteiger partial charge in [-0.25, -0.2) is 0 Å². The van der Waals surface area contributed by atoms with Crippen LogP contribution in [0.2, 0.25) is 0 Å². The Labute approximate surface area is 180 Å². The zero-order valence-electron chi connectivity index (χ0n) is 16.6. The number of halogens is 1. The summed E-state index contributed by atoms with van der Waals surface area (Å²) in [4.78, 5) is 4.39. The van der Waals surface area contributed by atoms with Crippen LogP contribution in [0, 0.1) is 5.41 Å². The summed E-state index contributed by atoms with van der Waals surface area (Å²) in [5, 5.41) is 6.99. The zero-order chi connectivity index (χ0) is 18.2. The Kier molecular flexibility index (Phi) is 9.15. The Hall–Kier alpha value is -1.02. The molecule has 1 fully saturated rings. The Morgan fingerprint density at radius 3 is 2.74 bits per heavy atom.